The Morgan fingerprint density at radius 1 is 1.77 bits per heavy atom. The van der Waals surface area contributed by atoms with Crippen LogP contribution in [-0.2, 0) is 9.53 Å². The minimum Gasteiger partial charge on any atom is -0.394 e. The lowest BCUT2D eigenvalue weighted by molar-refractivity contribution is -0.131. The third kappa shape index (κ3) is 2.97. The van der Waals surface area contributed by atoms with Crippen molar-refractivity contribution in [2.24, 2.45) is 0 Å². The van der Waals surface area contributed by atoms with Crippen molar-refractivity contribution in [2.75, 3.05) is 13.2 Å². The summed E-state index contributed by atoms with van der Waals surface area (Å²) in [4.78, 5) is 11.4. The van der Waals surface area contributed by atoms with E-state index >= 15 is 0 Å². The molecule has 1 saturated heterocycles. The predicted molar refractivity (Wildman–Crippen MR) is 48.3 cm³/mol. The van der Waals surface area contributed by atoms with Crippen molar-refractivity contribution in [3.8, 4) is 0 Å². The van der Waals surface area contributed by atoms with Crippen LogP contribution in [0, 0.1) is 0 Å². The van der Waals surface area contributed by atoms with E-state index in [0.717, 1.165) is 19.3 Å². The summed E-state index contributed by atoms with van der Waals surface area (Å²) in [5.41, 5.74) is 0. The molecular weight excluding hydrogens is 170 g/mol. The second kappa shape index (κ2) is 5.19. The van der Waals surface area contributed by atoms with Gasteiger partial charge in [0.15, 0.2) is 0 Å². The average molecular weight is 187 g/mol. The Balaban J connectivity index is 2.30. The van der Waals surface area contributed by atoms with Gasteiger partial charge in [-0.2, -0.15) is 0 Å². The molecule has 1 rings (SSSR count). The Labute approximate surface area is 78.3 Å². The Hall–Kier alpha value is -0.610. The summed E-state index contributed by atoms with van der Waals surface area (Å²) in [5.74, 6) is -0.0848. The molecule has 0 aromatic heterocycles. The molecule has 1 fully saturated rings. The Morgan fingerprint density at radius 2 is 2.54 bits per heavy atom. The Bertz CT molecular complexity index is 162. The molecule has 1 amide bonds. The SMILES string of the molecule is CCC(CO)NC(=O)C1CCCO1. The van der Waals surface area contributed by atoms with Crippen LogP contribution in [0.2, 0.25) is 0 Å². The topological polar surface area (TPSA) is 58.6 Å². The molecule has 4 heteroatoms. The standard InChI is InChI=1S/C9H17NO3/c1-2-7(6-11)10-9(12)8-4-3-5-13-8/h7-8,11H,2-6H2,1H3,(H,10,12). The molecule has 1 aliphatic heterocycles. The zero-order chi connectivity index (χ0) is 9.68. The van der Waals surface area contributed by atoms with Crippen LogP contribution in [0.1, 0.15) is 26.2 Å². The van der Waals surface area contributed by atoms with E-state index in [1.54, 1.807) is 0 Å². The molecule has 1 heterocycles. The van der Waals surface area contributed by atoms with Gasteiger partial charge in [-0.15, -0.1) is 0 Å². The summed E-state index contributed by atoms with van der Waals surface area (Å²) in [6, 6.07) is -0.128. The maximum absolute atomic E-state index is 11.4. The molecule has 0 saturated carbocycles. The minimum absolute atomic E-state index is 0.00500. The highest BCUT2D eigenvalue weighted by atomic mass is 16.5. The summed E-state index contributed by atoms with van der Waals surface area (Å²) in [6.07, 6.45) is 2.21. The summed E-state index contributed by atoms with van der Waals surface area (Å²) in [5, 5.41) is 11.6. The van der Waals surface area contributed by atoms with Gasteiger partial charge in [-0.1, -0.05) is 6.92 Å². The summed E-state index contributed by atoms with van der Waals surface area (Å²) >= 11 is 0. The lowest BCUT2D eigenvalue weighted by Gasteiger charge is -2.16. The van der Waals surface area contributed by atoms with E-state index in [1.165, 1.54) is 0 Å². The molecule has 4 nitrogen and oxygen atoms in total. The number of carbonyl (C=O) groups excluding carboxylic acids is 1. The largest absolute Gasteiger partial charge is 0.394 e. The number of aliphatic hydroxyl groups is 1. The normalized spacial score (nSPS) is 24.3. The maximum atomic E-state index is 11.4. The van der Waals surface area contributed by atoms with Gasteiger partial charge in [-0.05, 0) is 19.3 Å². The third-order valence-corrected chi connectivity index (χ3v) is 2.28. The predicted octanol–water partition coefficient (Wildman–Crippen LogP) is 0.0525. The van der Waals surface area contributed by atoms with Crippen LogP contribution in [0.4, 0.5) is 0 Å². The number of nitrogens with one attached hydrogen (secondary N) is 1. The fraction of sp³-hybridized carbons (Fsp3) is 0.889. The number of rotatable bonds is 4. The van der Waals surface area contributed by atoms with E-state index < -0.39 is 0 Å². The highest BCUT2D eigenvalue weighted by molar-refractivity contribution is 5.81. The highest BCUT2D eigenvalue weighted by Gasteiger charge is 2.24. The van der Waals surface area contributed by atoms with Crippen LogP contribution in [0.15, 0.2) is 0 Å². The van der Waals surface area contributed by atoms with Crippen molar-refractivity contribution in [3.63, 3.8) is 0 Å². The number of ether oxygens (including phenoxy) is 1. The third-order valence-electron chi connectivity index (χ3n) is 2.28. The van der Waals surface area contributed by atoms with Gasteiger partial charge in [-0.25, -0.2) is 0 Å². The van der Waals surface area contributed by atoms with Gasteiger partial charge in [0.2, 0.25) is 5.91 Å². The maximum Gasteiger partial charge on any atom is 0.249 e. The minimum atomic E-state index is -0.291. The van der Waals surface area contributed by atoms with Gasteiger partial charge < -0.3 is 15.2 Å². The van der Waals surface area contributed by atoms with Crippen molar-refractivity contribution < 1.29 is 14.6 Å². The second-order valence-electron chi connectivity index (χ2n) is 3.30. The quantitative estimate of drug-likeness (QED) is 0.654. The van der Waals surface area contributed by atoms with Crippen molar-refractivity contribution in [1.82, 2.24) is 5.32 Å². The smallest absolute Gasteiger partial charge is 0.249 e. The van der Waals surface area contributed by atoms with Crippen LogP contribution in [0.25, 0.3) is 0 Å². The molecule has 0 aromatic carbocycles. The van der Waals surface area contributed by atoms with E-state index in [4.69, 9.17) is 9.84 Å². The molecule has 0 spiro atoms. The molecule has 0 radical (unpaired) electrons. The molecule has 2 N–H and O–H groups in total. The van der Waals surface area contributed by atoms with Gasteiger partial charge in [0, 0.05) is 6.61 Å². The molecule has 2 unspecified atom stereocenters. The fourth-order valence-electron chi connectivity index (χ4n) is 1.36. The van der Waals surface area contributed by atoms with Gasteiger partial charge in [0.1, 0.15) is 6.10 Å². The van der Waals surface area contributed by atoms with E-state index in [0.29, 0.717) is 6.61 Å². The second-order valence-corrected chi connectivity index (χ2v) is 3.30. The number of hydrogen-bond acceptors (Lipinski definition) is 3. The van der Waals surface area contributed by atoms with E-state index in [2.05, 4.69) is 5.32 Å². The van der Waals surface area contributed by atoms with E-state index in [-0.39, 0.29) is 24.7 Å². The zero-order valence-corrected chi connectivity index (χ0v) is 7.95. The Morgan fingerprint density at radius 3 is 3.00 bits per heavy atom. The number of aliphatic hydroxyl groups excluding tert-OH is 1. The molecule has 0 bridgehead atoms. The first-order valence-electron chi connectivity index (χ1n) is 4.80. The highest BCUT2D eigenvalue weighted by Crippen LogP contribution is 2.12. The summed E-state index contributed by atoms with van der Waals surface area (Å²) in [6.45, 7) is 2.60. The zero-order valence-electron chi connectivity index (χ0n) is 7.95. The van der Waals surface area contributed by atoms with Crippen LogP contribution < -0.4 is 5.32 Å². The summed E-state index contributed by atoms with van der Waals surface area (Å²) < 4.78 is 5.21. The van der Waals surface area contributed by atoms with Gasteiger partial charge in [-0.3, -0.25) is 4.79 Å². The van der Waals surface area contributed by atoms with Crippen molar-refractivity contribution in [2.45, 2.75) is 38.3 Å². The molecule has 13 heavy (non-hydrogen) atoms. The molecule has 2 atom stereocenters. The lowest BCUT2D eigenvalue weighted by Crippen LogP contribution is -2.42. The molecule has 1 aliphatic rings. The first-order valence-corrected chi connectivity index (χ1v) is 4.80. The van der Waals surface area contributed by atoms with Crippen LogP contribution >= 0.6 is 0 Å². The Kier molecular flexibility index (Phi) is 4.18. The monoisotopic (exact) mass is 187 g/mol. The lowest BCUT2D eigenvalue weighted by atomic mass is 10.2. The van der Waals surface area contributed by atoms with Gasteiger partial charge in [0.05, 0.1) is 12.6 Å². The van der Waals surface area contributed by atoms with Crippen molar-refractivity contribution in [1.29, 1.82) is 0 Å². The van der Waals surface area contributed by atoms with Crippen LogP contribution in [-0.4, -0.2) is 36.4 Å². The van der Waals surface area contributed by atoms with Crippen molar-refractivity contribution >= 4 is 5.91 Å². The van der Waals surface area contributed by atoms with Gasteiger partial charge in [0.25, 0.3) is 0 Å². The number of amides is 1. The molecule has 76 valence electrons. The van der Waals surface area contributed by atoms with E-state index in [9.17, 15) is 4.79 Å². The van der Waals surface area contributed by atoms with Crippen LogP contribution in [0.5, 0.6) is 0 Å². The number of hydrogen-bond donors (Lipinski definition) is 2. The molecular formula is C9H17NO3. The average Bonchev–Trinajstić information content (AvgIpc) is 2.66. The molecule has 0 aliphatic carbocycles. The van der Waals surface area contributed by atoms with Gasteiger partial charge >= 0.3 is 0 Å². The summed E-state index contributed by atoms with van der Waals surface area (Å²) in [7, 11) is 0. The molecule has 0 aromatic rings. The van der Waals surface area contributed by atoms with E-state index in [1.807, 2.05) is 6.92 Å². The fourth-order valence-corrected chi connectivity index (χ4v) is 1.36. The van der Waals surface area contributed by atoms with Crippen LogP contribution in [0.3, 0.4) is 0 Å². The van der Waals surface area contributed by atoms with Crippen molar-refractivity contribution in [3.05, 3.63) is 0 Å². The number of carbonyl (C=O) groups is 1. The first kappa shape index (κ1) is 10.5. The first-order chi connectivity index (χ1) is 6.27.